The number of aromatic nitrogens is 2. The lowest BCUT2D eigenvalue weighted by molar-refractivity contribution is 0.0526. The maximum absolute atomic E-state index is 13.6. The highest BCUT2D eigenvalue weighted by molar-refractivity contribution is 5.89. The van der Waals surface area contributed by atoms with Gasteiger partial charge < -0.3 is 4.74 Å². The summed E-state index contributed by atoms with van der Waals surface area (Å²) in [6.45, 7) is 6.06. The second-order valence-corrected chi connectivity index (χ2v) is 6.02. The Kier molecular flexibility index (Phi) is 5.06. The van der Waals surface area contributed by atoms with Gasteiger partial charge in [0.25, 0.3) is 0 Å². The molecule has 0 aliphatic heterocycles. The van der Waals surface area contributed by atoms with Crippen molar-refractivity contribution in [2.45, 2.75) is 26.7 Å². The normalized spacial score (nSPS) is 11.6. The van der Waals surface area contributed by atoms with E-state index in [9.17, 15) is 9.18 Å². The first-order chi connectivity index (χ1) is 12.5. The van der Waals surface area contributed by atoms with Crippen molar-refractivity contribution >= 4 is 23.1 Å². The van der Waals surface area contributed by atoms with E-state index in [0.717, 1.165) is 5.69 Å². The van der Waals surface area contributed by atoms with Crippen LogP contribution < -0.4 is 0 Å². The molecule has 134 valence electrons. The summed E-state index contributed by atoms with van der Waals surface area (Å²) in [4.78, 5) is 16.2. The van der Waals surface area contributed by atoms with E-state index >= 15 is 0 Å². The van der Waals surface area contributed by atoms with Crippen molar-refractivity contribution in [1.82, 2.24) is 9.38 Å². The van der Waals surface area contributed by atoms with Crippen LogP contribution in [-0.4, -0.2) is 22.0 Å². The summed E-state index contributed by atoms with van der Waals surface area (Å²) in [5.41, 5.74) is 2.37. The standard InChI is InChI=1S/C19H19FN4O2/c1-4-26-19(25)13-5-8-15(9-6-13)22-23-18-17(12(2)3)21-16-10-7-14(20)11-24(16)18/h5-12H,4H2,1-3H3. The molecule has 6 nitrogen and oxygen atoms in total. The average Bonchev–Trinajstić information content (AvgIpc) is 2.98. The van der Waals surface area contributed by atoms with Crippen LogP contribution in [0.15, 0.2) is 52.8 Å². The number of benzene rings is 1. The van der Waals surface area contributed by atoms with Crippen LogP contribution in [0.25, 0.3) is 5.65 Å². The first kappa shape index (κ1) is 17.7. The first-order valence-electron chi connectivity index (χ1n) is 8.36. The van der Waals surface area contributed by atoms with Gasteiger partial charge in [-0.05, 0) is 49.2 Å². The lowest BCUT2D eigenvalue weighted by Gasteiger charge is -2.02. The van der Waals surface area contributed by atoms with Gasteiger partial charge in [-0.15, -0.1) is 10.2 Å². The van der Waals surface area contributed by atoms with E-state index in [2.05, 4.69) is 15.2 Å². The number of rotatable bonds is 5. The van der Waals surface area contributed by atoms with Gasteiger partial charge in [-0.25, -0.2) is 14.2 Å². The molecule has 3 rings (SSSR count). The van der Waals surface area contributed by atoms with Crippen molar-refractivity contribution in [3.05, 3.63) is 59.7 Å². The fourth-order valence-corrected chi connectivity index (χ4v) is 2.49. The lowest BCUT2D eigenvalue weighted by atomic mass is 10.1. The number of hydrogen-bond donors (Lipinski definition) is 0. The summed E-state index contributed by atoms with van der Waals surface area (Å²) in [7, 11) is 0. The predicted molar refractivity (Wildman–Crippen MR) is 95.8 cm³/mol. The van der Waals surface area contributed by atoms with Crippen molar-refractivity contribution in [3.63, 3.8) is 0 Å². The number of azo groups is 1. The molecule has 0 unspecified atom stereocenters. The Balaban J connectivity index is 1.94. The van der Waals surface area contributed by atoms with Gasteiger partial charge in [0.1, 0.15) is 11.5 Å². The molecule has 0 aliphatic rings. The number of carbonyl (C=O) groups excluding carboxylic acids is 1. The van der Waals surface area contributed by atoms with Gasteiger partial charge in [-0.1, -0.05) is 13.8 Å². The van der Waals surface area contributed by atoms with Gasteiger partial charge in [0.05, 0.1) is 23.6 Å². The van der Waals surface area contributed by atoms with E-state index in [1.165, 1.54) is 12.3 Å². The zero-order valence-corrected chi connectivity index (χ0v) is 14.8. The zero-order chi connectivity index (χ0) is 18.7. The minimum absolute atomic E-state index is 0.109. The highest BCUT2D eigenvalue weighted by Gasteiger charge is 2.15. The highest BCUT2D eigenvalue weighted by atomic mass is 19.1. The maximum atomic E-state index is 13.6. The Labute approximate surface area is 150 Å². The molecule has 26 heavy (non-hydrogen) atoms. The quantitative estimate of drug-likeness (QED) is 0.468. The van der Waals surface area contributed by atoms with Gasteiger partial charge in [0.2, 0.25) is 0 Å². The number of pyridine rings is 1. The van der Waals surface area contributed by atoms with E-state index in [4.69, 9.17) is 4.74 Å². The fraction of sp³-hybridized carbons (Fsp3) is 0.263. The smallest absolute Gasteiger partial charge is 0.338 e. The predicted octanol–water partition coefficient (Wildman–Crippen LogP) is 5.19. The molecule has 0 bridgehead atoms. The Morgan fingerprint density at radius 1 is 1.19 bits per heavy atom. The van der Waals surface area contributed by atoms with Crippen LogP contribution in [0.3, 0.4) is 0 Å². The van der Waals surface area contributed by atoms with Crippen molar-refractivity contribution in [2.75, 3.05) is 6.61 Å². The highest BCUT2D eigenvalue weighted by Crippen LogP contribution is 2.29. The SMILES string of the molecule is CCOC(=O)c1ccc(N=Nc2c(C(C)C)nc3ccc(F)cn23)cc1. The van der Waals surface area contributed by atoms with E-state index in [1.807, 2.05) is 13.8 Å². The summed E-state index contributed by atoms with van der Waals surface area (Å²) >= 11 is 0. The van der Waals surface area contributed by atoms with Gasteiger partial charge in [0, 0.05) is 6.20 Å². The van der Waals surface area contributed by atoms with Gasteiger partial charge in [-0.2, -0.15) is 0 Å². The minimum atomic E-state index is -0.379. The number of esters is 1. The number of ether oxygens (including phenoxy) is 1. The van der Waals surface area contributed by atoms with Crippen molar-refractivity contribution < 1.29 is 13.9 Å². The van der Waals surface area contributed by atoms with Crippen LogP contribution in [-0.2, 0) is 4.74 Å². The van der Waals surface area contributed by atoms with Crippen molar-refractivity contribution in [1.29, 1.82) is 0 Å². The molecule has 3 aromatic rings. The average molecular weight is 354 g/mol. The second-order valence-electron chi connectivity index (χ2n) is 6.02. The molecule has 0 spiro atoms. The first-order valence-corrected chi connectivity index (χ1v) is 8.36. The zero-order valence-electron chi connectivity index (χ0n) is 14.8. The molecule has 0 aliphatic carbocycles. The number of nitrogens with zero attached hydrogens (tertiary/aromatic N) is 4. The molecule has 0 radical (unpaired) electrons. The number of fused-ring (bicyclic) bond motifs is 1. The third kappa shape index (κ3) is 3.61. The Hall–Kier alpha value is -3.09. The van der Waals surface area contributed by atoms with Crippen LogP contribution in [0, 0.1) is 5.82 Å². The van der Waals surface area contributed by atoms with Crippen LogP contribution in [0.4, 0.5) is 15.9 Å². The van der Waals surface area contributed by atoms with Crippen molar-refractivity contribution in [3.8, 4) is 0 Å². The van der Waals surface area contributed by atoms with E-state index < -0.39 is 0 Å². The number of halogens is 1. The minimum Gasteiger partial charge on any atom is -0.462 e. The molecule has 2 heterocycles. The van der Waals surface area contributed by atoms with E-state index in [0.29, 0.717) is 29.3 Å². The molecular formula is C19H19FN4O2. The summed E-state index contributed by atoms with van der Waals surface area (Å²) in [5.74, 6) is -0.155. The largest absolute Gasteiger partial charge is 0.462 e. The molecule has 0 fully saturated rings. The summed E-state index contributed by atoms with van der Waals surface area (Å²) in [6, 6.07) is 9.58. The molecule has 2 aromatic heterocycles. The van der Waals surface area contributed by atoms with Gasteiger partial charge in [0.15, 0.2) is 5.82 Å². The number of imidazole rings is 1. The van der Waals surface area contributed by atoms with Crippen LogP contribution in [0.5, 0.6) is 0 Å². The molecule has 0 amide bonds. The summed E-state index contributed by atoms with van der Waals surface area (Å²) < 4.78 is 20.1. The van der Waals surface area contributed by atoms with E-state index in [-0.39, 0.29) is 17.7 Å². The molecule has 1 aromatic carbocycles. The third-order valence-corrected chi connectivity index (χ3v) is 3.77. The number of carbonyl (C=O) groups is 1. The Morgan fingerprint density at radius 2 is 1.92 bits per heavy atom. The summed E-state index contributed by atoms with van der Waals surface area (Å²) in [5, 5.41) is 8.49. The van der Waals surface area contributed by atoms with Gasteiger partial charge >= 0.3 is 5.97 Å². The Bertz CT molecular complexity index is 962. The molecule has 7 heteroatoms. The lowest BCUT2D eigenvalue weighted by Crippen LogP contribution is -2.03. The maximum Gasteiger partial charge on any atom is 0.338 e. The summed E-state index contributed by atoms with van der Waals surface area (Å²) in [6.07, 6.45) is 1.34. The molecule has 0 saturated carbocycles. The van der Waals surface area contributed by atoms with Crippen LogP contribution in [0.2, 0.25) is 0 Å². The fourth-order valence-electron chi connectivity index (χ4n) is 2.49. The van der Waals surface area contributed by atoms with Crippen LogP contribution >= 0.6 is 0 Å². The molecule has 0 saturated heterocycles. The Morgan fingerprint density at radius 3 is 2.58 bits per heavy atom. The topological polar surface area (TPSA) is 68.3 Å². The van der Waals surface area contributed by atoms with Gasteiger partial charge in [-0.3, -0.25) is 4.40 Å². The van der Waals surface area contributed by atoms with Crippen LogP contribution in [0.1, 0.15) is 42.7 Å². The molecular weight excluding hydrogens is 335 g/mol. The number of hydrogen-bond acceptors (Lipinski definition) is 5. The second kappa shape index (κ2) is 7.43. The molecule has 0 atom stereocenters. The monoisotopic (exact) mass is 354 g/mol. The van der Waals surface area contributed by atoms with Crippen molar-refractivity contribution in [2.24, 2.45) is 10.2 Å². The third-order valence-electron chi connectivity index (χ3n) is 3.77. The molecule has 0 N–H and O–H groups in total. The van der Waals surface area contributed by atoms with E-state index in [1.54, 1.807) is 41.7 Å².